The molecule has 0 spiro atoms. The maximum atomic E-state index is 13.4. The van der Waals surface area contributed by atoms with Gasteiger partial charge in [-0.15, -0.1) is 11.8 Å². The van der Waals surface area contributed by atoms with Gasteiger partial charge in [0, 0.05) is 17.1 Å². The van der Waals surface area contributed by atoms with Gasteiger partial charge in [-0.05, 0) is 24.3 Å². The molecule has 2 rings (SSSR count). The van der Waals surface area contributed by atoms with Crippen molar-refractivity contribution in [3.63, 3.8) is 0 Å². The Morgan fingerprint density at radius 1 is 0.957 bits per heavy atom. The number of rotatable bonds is 6. The highest BCUT2D eigenvalue weighted by Gasteiger charge is 2.13. The van der Waals surface area contributed by atoms with E-state index in [0.29, 0.717) is 10.6 Å². The van der Waals surface area contributed by atoms with Crippen LogP contribution in [-0.2, 0) is 4.79 Å². The number of nitrogens with one attached hydrogen (secondary N) is 2. The van der Waals surface area contributed by atoms with Gasteiger partial charge in [0.1, 0.15) is 5.82 Å². The minimum Gasteiger partial charge on any atom is -0.296 e. The van der Waals surface area contributed by atoms with Crippen LogP contribution in [0.3, 0.4) is 0 Å². The molecule has 0 unspecified atom stereocenters. The molecule has 2 aromatic carbocycles. The van der Waals surface area contributed by atoms with Crippen LogP contribution in [0.2, 0.25) is 0 Å². The highest BCUT2D eigenvalue weighted by Crippen LogP contribution is 2.22. The normalized spacial score (nSPS) is 10.4. The van der Waals surface area contributed by atoms with E-state index >= 15 is 0 Å². The van der Waals surface area contributed by atoms with Gasteiger partial charge in [0.15, 0.2) is 17.5 Å². The molecule has 8 heteroatoms. The second-order valence-electron chi connectivity index (χ2n) is 4.42. The monoisotopic (exact) mass is 344 g/mol. The van der Waals surface area contributed by atoms with E-state index in [9.17, 15) is 22.4 Å². The average Bonchev–Trinajstić information content (AvgIpc) is 2.54. The lowest BCUT2D eigenvalue weighted by Gasteiger charge is -2.10. The van der Waals surface area contributed by atoms with Crippen LogP contribution in [0.4, 0.5) is 23.2 Å². The number of carbonyl (C=O) groups excluding carboxylic acids is 1. The van der Waals surface area contributed by atoms with Crippen LogP contribution < -0.4 is 10.9 Å². The number of hydrogen-bond acceptors (Lipinski definition) is 3. The lowest BCUT2D eigenvalue weighted by molar-refractivity contribution is -0.120. The molecule has 1 amide bonds. The number of amides is 1. The standard InChI is InChI=1S/C15H12F4N2OS/c16-9-3-1-2-4-12(9)23-8-7-13(22)21-20-11-6-5-10(17)14(18)15(11)19/h1-6,20H,7-8H2,(H,21,22). The van der Waals surface area contributed by atoms with Crippen molar-refractivity contribution >= 4 is 23.4 Å². The number of hydrazine groups is 1. The van der Waals surface area contributed by atoms with Crippen LogP contribution in [0.5, 0.6) is 0 Å². The van der Waals surface area contributed by atoms with Crippen molar-refractivity contribution in [2.45, 2.75) is 11.3 Å². The number of thioether (sulfide) groups is 1. The van der Waals surface area contributed by atoms with Crippen molar-refractivity contribution in [1.82, 2.24) is 5.43 Å². The van der Waals surface area contributed by atoms with Gasteiger partial charge >= 0.3 is 0 Å². The Hall–Kier alpha value is -2.22. The Balaban J connectivity index is 1.80. The van der Waals surface area contributed by atoms with Gasteiger partial charge in [-0.3, -0.25) is 15.6 Å². The molecular weight excluding hydrogens is 332 g/mol. The van der Waals surface area contributed by atoms with E-state index in [4.69, 9.17) is 0 Å². The van der Waals surface area contributed by atoms with Crippen molar-refractivity contribution in [3.8, 4) is 0 Å². The summed E-state index contributed by atoms with van der Waals surface area (Å²) in [5, 5.41) is 0. The van der Waals surface area contributed by atoms with Crippen molar-refractivity contribution in [1.29, 1.82) is 0 Å². The van der Waals surface area contributed by atoms with Gasteiger partial charge in [-0.2, -0.15) is 0 Å². The third-order valence-electron chi connectivity index (χ3n) is 2.80. The highest BCUT2D eigenvalue weighted by molar-refractivity contribution is 7.99. The number of carbonyl (C=O) groups is 1. The fourth-order valence-corrected chi connectivity index (χ4v) is 2.53. The topological polar surface area (TPSA) is 41.1 Å². The highest BCUT2D eigenvalue weighted by atomic mass is 32.2. The Morgan fingerprint density at radius 2 is 1.70 bits per heavy atom. The second-order valence-corrected chi connectivity index (χ2v) is 5.56. The van der Waals surface area contributed by atoms with E-state index in [0.717, 1.165) is 23.9 Å². The maximum Gasteiger partial charge on any atom is 0.239 e. The van der Waals surface area contributed by atoms with Gasteiger partial charge in [0.2, 0.25) is 5.91 Å². The molecule has 0 atom stereocenters. The molecule has 0 heterocycles. The molecule has 23 heavy (non-hydrogen) atoms. The summed E-state index contributed by atoms with van der Waals surface area (Å²) >= 11 is 1.16. The zero-order valence-corrected chi connectivity index (χ0v) is 12.5. The predicted molar refractivity (Wildman–Crippen MR) is 79.8 cm³/mol. The number of anilines is 1. The van der Waals surface area contributed by atoms with Crippen LogP contribution in [-0.4, -0.2) is 11.7 Å². The number of halogens is 4. The van der Waals surface area contributed by atoms with Crippen LogP contribution in [0, 0.1) is 23.3 Å². The molecule has 0 aliphatic heterocycles. The van der Waals surface area contributed by atoms with Crippen molar-refractivity contribution in [2.75, 3.05) is 11.2 Å². The summed E-state index contributed by atoms with van der Waals surface area (Å²) in [6.07, 6.45) is 0.0251. The smallest absolute Gasteiger partial charge is 0.239 e. The first-order valence-corrected chi connectivity index (χ1v) is 7.53. The van der Waals surface area contributed by atoms with Crippen LogP contribution >= 0.6 is 11.8 Å². The molecule has 0 saturated heterocycles. The third-order valence-corrected chi connectivity index (χ3v) is 3.85. The second kappa shape index (κ2) is 7.87. The van der Waals surface area contributed by atoms with Gasteiger partial charge < -0.3 is 0 Å². The molecule has 0 fully saturated rings. The number of benzene rings is 2. The minimum atomic E-state index is -1.63. The summed E-state index contributed by atoms with van der Waals surface area (Å²) in [6.45, 7) is 0. The van der Waals surface area contributed by atoms with Crippen LogP contribution in [0.15, 0.2) is 41.3 Å². The fraction of sp³-hybridized carbons (Fsp3) is 0.133. The summed E-state index contributed by atoms with van der Waals surface area (Å²) in [4.78, 5) is 12.0. The van der Waals surface area contributed by atoms with E-state index < -0.39 is 23.4 Å². The van der Waals surface area contributed by atoms with Crippen molar-refractivity contribution in [2.24, 2.45) is 0 Å². The molecule has 0 radical (unpaired) electrons. The number of hydrogen-bond donors (Lipinski definition) is 2. The molecule has 0 aliphatic rings. The third kappa shape index (κ3) is 4.62. The lowest BCUT2D eigenvalue weighted by Crippen LogP contribution is -2.30. The lowest BCUT2D eigenvalue weighted by atomic mass is 10.3. The fourth-order valence-electron chi connectivity index (χ4n) is 1.64. The first-order chi connectivity index (χ1) is 11.0. The van der Waals surface area contributed by atoms with E-state index in [1.807, 2.05) is 0 Å². The first-order valence-electron chi connectivity index (χ1n) is 6.54. The molecule has 0 bridgehead atoms. The summed E-state index contributed by atoms with van der Waals surface area (Å²) in [6, 6.07) is 7.84. The molecule has 3 nitrogen and oxygen atoms in total. The van der Waals surface area contributed by atoms with E-state index in [2.05, 4.69) is 10.9 Å². The molecule has 122 valence electrons. The van der Waals surface area contributed by atoms with Crippen molar-refractivity contribution < 1.29 is 22.4 Å². The minimum absolute atomic E-state index is 0.0251. The average molecular weight is 344 g/mol. The summed E-state index contributed by atoms with van der Waals surface area (Å²) in [5.74, 6) is -4.95. The molecule has 2 N–H and O–H groups in total. The van der Waals surface area contributed by atoms with E-state index in [1.54, 1.807) is 18.2 Å². The summed E-state index contributed by atoms with van der Waals surface area (Å²) < 4.78 is 52.5. The SMILES string of the molecule is O=C(CCSc1ccccc1F)NNc1ccc(F)c(F)c1F. The summed E-state index contributed by atoms with van der Waals surface area (Å²) in [5.41, 5.74) is 3.95. The van der Waals surface area contributed by atoms with Gasteiger partial charge in [-0.25, -0.2) is 17.6 Å². The van der Waals surface area contributed by atoms with Gasteiger partial charge in [0.25, 0.3) is 0 Å². The van der Waals surface area contributed by atoms with Crippen LogP contribution in [0.1, 0.15) is 6.42 Å². The largest absolute Gasteiger partial charge is 0.296 e. The zero-order chi connectivity index (χ0) is 16.8. The zero-order valence-electron chi connectivity index (χ0n) is 11.7. The molecule has 0 saturated carbocycles. The molecule has 2 aromatic rings. The van der Waals surface area contributed by atoms with Crippen LogP contribution in [0.25, 0.3) is 0 Å². The first kappa shape index (κ1) is 17.1. The Morgan fingerprint density at radius 3 is 2.43 bits per heavy atom. The molecule has 0 aromatic heterocycles. The van der Waals surface area contributed by atoms with E-state index in [-0.39, 0.29) is 17.9 Å². The van der Waals surface area contributed by atoms with Gasteiger partial charge in [0.05, 0.1) is 5.69 Å². The predicted octanol–water partition coefficient (Wildman–Crippen LogP) is 3.87. The van der Waals surface area contributed by atoms with Crippen molar-refractivity contribution in [3.05, 3.63) is 59.7 Å². The van der Waals surface area contributed by atoms with Gasteiger partial charge in [-0.1, -0.05) is 12.1 Å². The quantitative estimate of drug-likeness (QED) is 0.362. The Kier molecular flexibility index (Phi) is 5.86. The Labute approximate surface area is 134 Å². The summed E-state index contributed by atoms with van der Waals surface area (Å²) in [7, 11) is 0. The molecule has 0 aliphatic carbocycles. The van der Waals surface area contributed by atoms with E-state index in [1.165, 1.54) is 6.07 Å². The molecular formula is C15H12F4N2OS. The Bertz CT molecular complexity index is 712. The maximum absolute atomic E-state index is 13.4.